The molecule has 1 unspecified atom stereocenters. The summed E-state index contributed by atoms with van der Waals surface area (Å²) in [4.78, 5) is 17.3. The number of hydrogen-bond donors (Lipinski definition) is 1. The van der Waals surface area contributed by atoms with Gasteiger partial charge < -0.3 is 9.52 Å². The molecule has 0 amide bonds. The van der Waals surface area contributed by atoms with Gasteiger partial charge in [0, 0.05) is 5.56 Å². The zero-order valence-corrected chi connectivity index (χ0v) is 12.1. The molecule has 1 atom stereocenters. The molecule has 2 aromatic rings. The summed E-state index contributed by atoms with van der Waals surface area (Å²) in [5, 5.41) is 9.77. The van der Waals surface area contributed by atoms with Crippen LogP contribution in [-0.2, 0) is 11.3 Å². The van der Waals surface area contributed by atoms with Gasteiger partial charge in [-0.3, -0.25) is 9.69 Å². The molecule has 0 aliphatic carbocycles. The maximum atomic E-state index is 11.2. The van der Waals surface area contributed by atoms with Gasteiger partial charge in [0.25, 0.3) is 0 Å². The Kier molecular flexibility index (Phi) is 3.94. The lowest BCUT2D eigenvalue weighted by Crippen LogP contribution is -2.35. The second-order valence-corrected chi connectivity index (χ2v) is 5.47. The first-order valence-electron chi connectivity index (χ1n) is 6.81. The van der Waals surface area contributed by atoms with E-state index in [0.717, 1.165) is 18.5 Å². The van der Waals surface area contributed by atoms with Crippen LogP contribution in [-0.4, -0.2) is 33.5 Å². The number of carbonyl (C=O) groups is 1. The fourth-order valence-electron chi connectivity index (χ4n) is 2.64. The van der Waals surface area contributed by atoms with E-state index in [1.54, 1.807) is 12.3 Å². The number of aromatic nitrogens is 1. The molecular formula is C15H15ClN2O3. The van der Waals surface area contributed by atoms with Crippen molar-refractivity contribution in [1.29, 1.82) is 0 Å². The van der Waals surface area contributed by atoms with Crippen molar-refractivity contribution in [3.63, 3.8) is 0 Å². The third-order valence-corrected chi connectivity index (χ3v) is 4.01. The van der Waals surface area contributed by atoms with E-state index in [0.29, 0.717) is 29.6 Å². The van der Waals surface area contributed by atoms with Crippen molar-refractivity contribution in [3.8, 4) is 11.3 Å². The van der Waals surface area contributed by atoms with Crippen LogP contribution in [0.4, 0.5) is 0 Å². The predicted octanol–water partition coefficient (Wildman–Crippen LogP) is 3.04. The van der Waals surface area contributed by atoms with Crippen molar-refractivity contribution in [2.75, 3.05) is 6.54 Å². The van der Waals surface area contributed by atoms with Crippen LogP contribution in [0, 0.1) is 0 Å². The Morgan fingerprint density at radius 2 is 2.29 bits per heavy atom. The summed E-state index contributed by atoms with van der Waals surface area (Å²) in [5.41, 5.74) is 0.786. The number of nitrogens with zero attached hydrogens (tertiary/aromatic N) is 2. The molecule has 0 spiro atoms. The van der Waals surface area contributed by atoms with E-state index in [1.165, 1.54) is 0 Å². The second-order valence-electron chi connectivity index (χ2n) is 5.06. The first-order valence-corrected chi connectivity index (χ1v) is 7.19. The minimum atomic E-state index is -0.787. The van der Waals surface area contributed by atoms with E-state index in [-0.39, 0.29) is 0 Å². The molecule has 1 fully saturated rings. The van der Waals surface area contributed by atoms with Gasteiger partial charge in [0.05, 0.1) is 17.8 Å². The van der Waals surface area contributed by atoms with E-state index in [1.807, 2.05) is 23.1 Å². The Labute approximate surface area is 127 Å². The summed E-state index contributed by atoms with van der Waals surface area (Å²) >= 11 is 6.13. The van der Waals surface area contributed by atoms with Crippen molar-refractivity contribution in [3.05, 3.63) is 41.4 Å². The molecule has 1 aliphatic rings. The molecule has 110 valence electrons. The van der Waals surface area contributed by atoms with Crippen LogP contribution in [0.2, 0.25) is 5.02 Å². The third kappa shape index (κ3) is 2.94. The normalized spacial score (nSPS) is 19.0. The fourth-order valence-corrected chi connectivity index (χ4v) is 2.87. The number of carboxylic acid groups (broad SMARTS) is 1. The van der Waals surface area contributed by atoms with Gasteiger partial charge in [0.1, 0.15) is 6.04 Å². The zero-order valence-electron chi connectivity index (χ0n) is 11.3. The second kappa shape index (κ2) is 5.87. The minimum Gasteiger partial charge on any atom is -0.480 e. The van der Waals surface area contributed by atoms with Crippen molar-refractivity contribution in [2.45, 2.75) is 25.4 Å². The maximum Gasteiger partial charge on any atom is 0.320 e. The Morgan fingerprint density at radius 1 is 1.48 bits per heavy atom. The lowest BCUT2D eigenvalue weighted by Gasteiger charge is -2.18. The van der Waals surface area contributed by atoms with E-state index >= 15 is 0 Å². The number of carboxylic acids is 1. The highest BCUT2D eigenvalue weighted by atomic mass is 35.5. The molecule has 1 aromatic carbocycles. The van der Waals surface area contributed by atoms with Crippen LogP contribution in [0.15, 0.2) is 34.9 Å². The first-order chi connectivity index (χ1) is 10.1. The standard InChI is InChI=1S/C15H15ClN2O3/c16-11-5-2-1-4-10(11)13-8-17-14(21-13)9-18-7-3-6-12(18)15(19)20/h1-2,4-5,8,12H,3,6-7,9H2,(H,19,20). The van der Waals surface area contributed by atoms with E-state index in [9.17, 15) is 9.90 Å². The van der Waals surface area contributed by atoms with Gasteiger partial charge in [-0.05, 0) is 31.5 Å². The van der Waals surface area contributed by atoms with Crippen molar-refractivity contribution >= 4 is 17.6 Å². The molecular weight excluding hydrogens is 292 g/mol. The molecule has 21 heavy (non-hydrogen) atoms. The van der Waals surface area contributed by atoms with Crippen molar-refractivity contribution < 1.29 is 14.3 Å². The summed E-state index contributed by atoms with van der Waals surface area (Å²) in [6.45, 7) is 1.15. The summed E-state index contributed by atoms with van der Waals surface area (Å²) < 4.78 is 5.71. The highest BCUT2D eigenvalue weighted by Crippen LogP contribution is 2.29. The Balaban J connectivity index is 1.77. The van der Waals surface area contributed by atoms with Gasteiger partial charge in [-0.25, -0.2) is 4.98 Å². The largest absolute Gasteiger partial charge is 0.480 e. The summed E-state index contributed by atoms with van der Waals surface area (Å²) in [6, 6.07) is 6.94. The lowest BCUT2D eigenvalue weighted by atomic mass is 10.2. The molecule has 1 aromatic heterocycles. The SMILES string of the molecule is O=C(O)C1CCCN1Cc1ncc(-c2ccccc2Cl)o1. The molecule has 3 rings (SSSR count). The number of hydrogen-bond acceptors (Lipinski definition) is 4. The van der Waals surface area contributed by atoms with Gasteiger partial charge >= 0.3 is 5.97 Å². The number of benzene rings is 1. The van der Waals surface area contributed by atoms with Crippen LogP contribution >= 0.6 is 11.6 Å². The Hall–Kier alpha value is -1.85. The van der Waals surface area contributed by atoms with Gasteiger partial charge in [-0.2, -0.15) is 0 Å². The molecule has 1 saturated heterocycles. The summed E-state index contributed by atoms with van der Waals surface area (Å²) in [7, 11) is 0. The lowest BCUT2D eigenvalue weighted by molar-refractivity contribution is -0.142. The van der Waals surface area contributed by atoms with Crippen molar-refractivity contribution in [2.24, 2.45) is 0 Å². The smallest absolute Gasteiger partial charge is 0.320 e. The average Bonchev–Trinajstić information content (AvgIpc) is 3.09. The van der Waals surface area contributed by atoms with Gasteiger partial charge in [0.2, 0.25) is 5.89 Å². The van der Waals surface area contributed by atoms with Crippen LogP contribution in [0.25, 0.3) is 11.3 Å². The first kappa shape index (κ1) is 14.1. The Morgan fingerprint density at radius 3 is 3.05 bits per heavy atom. The zero-order chi connectivity index (χ0) is 14.8. The number of halogens is 1. The van der Waals surface area contributed by atoms with E-state index in [4.69, 9.17) is 16.0 Å². The number of rotatable bonds is 4. The van der Waals surface area contributed by atoms with E-state index in [2.05, 4.69) is 4.98 Å². The molecule has 1 N–H and O–H groups in total. The predicted molar refractivity (Wildman–Crippen MR) is 78.0 cm³/mol. The van der Waals surface area contributed by atoms with E-state index < -0.39 is 12.0 Å². The third-order valence-electron chi connectivity index (χ3n) is 3.68. The molecule has 0 bridgehead atoms. The van der Waals surface area contributed by atoms with Crippen LogP contribution in [0.5, 0.6) is 0 Å². The molecule has 0 saturated carbocycles. The van der Waals surface area contributed by atoms with Gasteiger partial charge in [-0.1, -0.05) is 23.7 Å². The van der Waals surface area contributed by atoms with Crippen LogP contribution < -0.4 is 0 Å². The molecule has 0 radical (unpaired) electrons. The molecule has 1 aliphatic heterocycles. The average molecular weight is 307 g/mol. The number of likely N-dealkylation sites (tertiary alicyclic amines) is 1. The summed E-state index contributed by atoms with van der Waals surface area (Å²) in [5.74, 6) is 0.324. The van der Waals surface area contributed by atoms with Crippen molar-refractivity contribution in [1.82, 2.24) is 9.88 Å². The topological polar surface area (TPSA) is 66.6 Å². The van der Waals surface area contributed by atoms with Gasteiger partial charge in [0.15, 0.2) is 5.76 Å². The highest BCUT2D eigenvalue weighted by molar-refractivity contribution is 6.33. The van der Waals surface area contributed by atoms with Crippen LogP contribution in [0.3, 0.4) is 0 Å². The molecule has 6 heteroatoms. The highest BCUT2D eigenvalue weighted by Gasteiger charge is 2.31. The minimum absolute atomic E-state index is 0.404. The number of oxazole rings is 1. The molecule has 5 nitrogen and oxygen atoms in total. The van der Waals surface area contributed by atoms with Gasteiger partial charge in [-0.15, -0.1) is 0 Å². The monoisotopic (exact) mass is 306 g/mol. The summed E-state index contributed by atoms with van der Waals surface area (Å²) in [6.07, 6.45) is 3.19. The Bertz CT molecular complexity index is 656. The number of aliphatic carboxylic acids is 1. The van der Waals surface area contributed by atoms with Crippen LogP contribution in [0.1, 0.15) is 18.7 Å². The molecule has 2 heterocycles. The fraction of sp³-hybridized carbons (Fsp3) is 0.333. The quantitative estimate of drug-likeness (QED) is 0.940. The maximum absolute atomic E-state index is 11.2.